The molecule has 7 nitrogen and oxygen atoms in total. The van der Waals surface area contributed by atoms with Crippen molar-refractivity contribution in [2.75, 3.05) is 6.61 Å². The summed E-state index contributed by atoms with van der Waals surface area (Å²) in [4.78, 5) is 16.4. The Labute approximate surface area is 169 Å². The van der Waals surface area contributed by atoms with Crippen LogP contribution in [0.5, 0.6) is 0 Å². The van der Waals surface area contributed by atoms with Gasteiger partial charge in [-0.05, 0) is 6.92 Å². The number of aliphatic hydroxyl groups excluding tert-OH is 1. The highest BCUT2D eigenvalue weighted by Gasteiger charge is 2.52. The molecule has 0 amide bonds. The molecular formula is C17H16F7N5O2. The SMILES string of the molecule is Cc1cn2c(=O)c(-c3cnn(CC(F)(F)C(C)(F)F)c3)c(C(F)(F)F)nc2n1CCO. The third-order valence-electron chi connectivity index (χ3n) is 4.60. The van der Waals surface area contributed by atoms with E-state index in [9.17, 15) is 35.5 Å². The number of halogens is 7. The molecule has 3 aromatic rings. The standard InChI is InChI=1S/C17H16F7N5O2/c1-9-6-29-13(31)11(12(17(22,23)24)26-14(29)28(9)3-4-30)10-5-25-27(7-10)8-16(20,21)15(2,18)19/h5-7,30H,3-4,8H2,1-2H3. The van der Waals surface area contributed by atoms with Crippen LogP contribution in [0.1, 0.15) is 18.3 Å². The van der Waals surface area contributed by atoms with Crippen molar-refractivity contribution in [2.45, 2.75) is 45.0 Å². The van der Waals surface area contributed by atoms with Gasteiger partial charge in [-0.25, -0.2) is 13.8 Å². The highest BCUT2D eigenvalue weighted by molar-refractivity contribution is 5.65. The van der Waals surface area contributed by atoms with E-state index in [0.29, 0.717) is 22.8 Å². The molecule has 0 aliphatic rings. The quantitative estimate of drug-likeness (QED) is 0.580. The predicted molar refractivity (Wildman–Crippen MR) is 93.1 cm³/mol. The number of aliphatic hydroxyl groups is 1. The number of aryl methyl sites for hydroxylation is 1. The molecule has 0 aromatic carbocycles. The van der Waals surface area contributed by atoms with Crippen molar-refractivity contribution in [3.8, 4) is 11.1 Å². The lowest BCUT2D eigenvalue weighted by molar-refractivity contribution is -0.205. The summed E-state index contributed by atoms with van der Waals surface area (Å²) in [6.07, 6.45) is -2.55. The topological polar surface area (TPSA) is 77.4 Å². The van der Waals surface area contributed by atoms with E-state index in [1.807, 2.05) is 0 Å². The van der Waals surface area contributed by atoms with Gasteiger partial charge < -0.3 is 9.67 Å². The minimum absolute atomic E-state index is 0.00275. The molecule has 14 heteroatoms. The van der Waals surface area contributed by atoms with Crippen LogP contribution in [0.15, 0.2) is 23.4 Å². The largest absolute Gasteiger partial charge is 0.434 e. The summed E-state index contributed by atoms with van der Waals surface area (Å²) in [5.41, 5.74) is -3.90. The summed E-state index contributed by atoms with van der Waals surface area (Å²) in [7, 11) is 0. The highest BCUT2D eigenvalue weighted by Crippen LogP contribution is 2.36. The molecule has 0 fully saturated rings. The number of nitrogens with zero attached hydrogens (tertiary/aromatic N) is 5. The Hall–Kier alpha value is -2.90. The second-order valence-corrected chi connectivity index (χ2v) is 6.97. The third kappa shape index (κ3) is 4.03. The Morgan fingerprint density at radius 2 is 1.74 bits per heavy atom. The zero-order valence-electron chi connectivity index (χ0n) is 16.1. The fourth-order valence-corrected chi connectivity index (χ4v) is 3.01. The Balaban J connectivity index is 2.20. The zero-order valence-corrected chi connectivity index (χ0v) is 16.1. The molecule has 3 rings (SSSR count). The van der Waals surface area contributed by atoms with Gasteiger partial charge in [0.25, 0.3) is 5.56 Å². The van der Waals surface area contributed by atoms with Gasteiger partial charge in [0, 0.05) is 37.1 Å². The molecule has 31 heavy (non-hydrogen) atoms. The second kappa shape index (κ2) is 7.35. The molecule has 0 aliphatic heterocycles. The third-order valence-corrected chi connectivity index (χ3v) is 4.60. The van der Waals surface area contributed by atoms with Gasteiger partial charge >= 0.3 is 18.0 Å². The average Bonchev–Trinajstić information content (AvgIpc) is 3.18. The molecule has 1 N–H and O–H groups in total. The molecule has 170 valence electrons. The molecule has 3 aromatic heterocycles. The number of fused-ring (bicyclic) bond motifs is 1. The molecule has 0 bridgehead atoms. The summed E-state index contributed by atoms with van der Waals surface area (Å²) in [5.74, 6) is -9.31. The van der Waals surface area contributed by atoms with Crippen LogP contribution in [0, 0.1) is 6.92 Å². The Bertz CT molecular complexity index is 1170. The maximum absolute atomic E-state index is 13.7. The van der Waals surface area contributed by atoms with Gasteiger partial charge in [-0.3, -0.25) is 13.9 Å². The van der Waals surface area contributed by atoms with Crippen LogP contribution in [0.25, 0.3) is 16.9 Å². The van der Waals surface area contributed by atoms with Gasteiger partial charge in [0.2, 0.25) is 5.78 Å². The van der Waals surface area contributed by atoms with Crippen LogP contribution in [0.3, 0.4) is 0 Å². The monoisotopic (exact) mass is 455 g/mol. The number of rotatable bonds is 6. The summed E-state index contributed by atoms with van der Waals surface area (Å²) >= 11 is 0. The maximum atomic E-state index is 13.7. The molecule has 0 aliphatic carbocycles. The van der Waals surface area contributed by atoms with E-state index in [4.69, 9.17) is 5.11 Å². The maximum Gasteiger partial charge on any atom is 0.434 e. The number of hydrogen-bond donors (Lipinski definition) is 1. The highest BCUT2D eigenvalue weighted by atomic mass is 19.4. The Morgan fingerprint density at radius 3 is 2.29 bits per heavy atom. The number of imidazole rings is 1. The number of aromatic nitrogens is 5. The van der Waals surface area contributed by atoms with E-state index in [-0.39, 0.29) is 19.2 Å². The van der Waals surface area contributed by atoms with Crippen molar-refractivity contribution in [3.63, 3.8) is 0 Å². The van der Waals surface area contributed by atoms with Crippen molar-refractivity contribution in [1.82, 2.24) is 23.7 Å². The van der Waals surface area contributed by atoms with Gasteiger partial charge in [-0.1, -0.05) is 0 Å². The van der Waals surface area contributed by atoms with Crippen molar-refractivity contribution in [3.05, 3.63) is 40.3 Å². The van der Waals surface area contributed by atoms with Crippen LogP contribution >= 0.6 is 0 Å². The van der Waals surface area contributed by atoms with Crippen molar-refractivity contribution >= 4 is 5.78 Å². The molecule has 0 radical (unpaired) electrons. The average molecular weight is 455 g/mol. The van der Waals surface area contributed by atoms with Crippen molar-refractivity contribution < 1.29 is 35.8 Å². The first-order valence-corrected chi connectivity index (χ1v) is 8.76. The molecule has 0 spiro atoms. The lowest BCUT2D eigenvalue weighted by atomic mass is 10.1. The van der Waals surface area contributed by atoms with E-state index in [1.54, 1.807) is 0 Å². The summed E-state index contributed by atoms with van der Waals surface area (Å²) in [6.45, 7) is -0.664. The lowest BCUT2D eigenvalue weighted by Crippen LogP contribution is -2.41. The fraction of sp³-hybridized carbons (Fsp3) is 0.471. The number of alkyl halides is 7. The van der Waals surface area contributed by atoms with Crippen LogP contribution < -0.4 is 5.56 Å². The van der Waals surface area contributed by atoms with E-state index in [2.05, 4.69) is 10.1 Å². The molecule has 0 unspecified atom stereocenters. The summed E-state index contributed by atoms with van der Waals surface area (Å²) in [6, 6.07) is 0. The first kappa shape index (κ1) is 22.8. The fourth-order valence-electron chi connectivity index (χ4n) is 3.01. The smallest absolute Gasteiger partial charge is 0.395 e. The van der Waals surface area contributed by atoms with Crippen molar-refractivity contribution in [2.24, 2.45) is 0 Å². The van der Waals surface area contributed by atoms with Crippen molar-refractivity contribution in [1.29, 1.82) is 0 Å². The van der Waals surface area contributed by atoms with E-state index in [0.717, 1.165) is 4.40 Å². The van der Waals surface area contributed by atoms with Gasteiger partial charge in [0.15, 0.2) is 5.69 Å². The Morgan fingerprint density at radius 1 is 1.10 bits per heavy atom. The Kier molecular flexibility index (Phi) is 5.40. The van der Waals surface area contributed by atoms with Crippen LogP contribution in [0.4, 0.5) is 30.7 Å². The predicted octanol–water partition coefficient (Wildman–Crippen LogP) is 2.97. The number of hydrogen-bond acceptors (Lipinski definition) is 4. The van der Waals surface area contributed by atoms with Crippen LogP contribution in [0.2, 0.25) is 0 Å². The van der Waals surface area contributed by atoms with Gasteiger partial charge in [-0.15, -0.1) is 0 Å². The van der Waals surface area contributed by atoms with E-state index in [1.165, 1.54) is 17.7 Å². The molecule has 0 atom stereocenters. The molecule has 0 saturated carbocycles. The lowest BCUT2D eigenvalue weighted by Gasteiger charge is -2.22. The first-order chi connectivity index (χ1) is 14.2. The molecule has 0 saturated heterocycles. The minimum atomic E-state index is -5.10. The minimum Gasteiger partial charge on any atom is -0.395 e. The zero-order chi connectivity index (χ0) is 23.4. The second-order valence-electron chi connectivity index (χ2n) is 6.97. The summed E-state index contributed by atoms with van der Waals surface area (Å²) in [5, 5.41) is 12.5. The normalized spacial score (nSPS) is 13.4. The molecular weight excluding hydrogens is 439 g/mol. The van der Waals surface area contributed by atoms with Crippen LogP contribution in [-0.2, 0) is 19.3 Å². The van der Waals surface area contributed by atoms with Crippen LogP contribution in [-0.4, -0.2) is 47.3 Å². The molecule has 3 heterocycles. The van der Waals surface area contributed by atoms with Gasteiger partial charge in [0.05, 0.1) is 18.4 Å². The van der Waals surface area contributed by atoms with Gasteiger partial charge in [0.1, 0.15) is 6.54 Å². The van der Waals surface area contributed by atoms with E-state index < -0.39 is 53.6 Å². The first-order valence-electron chi connectivity index (χ1n) is 8.76. The van der Waals surface area contributed by atoms with Gasteiger partial charge in [-0.2, -0.15) is 27.1 Å². The summed E-state index contributed by atoms with van der Waals surface area (Å²) < 4.78 is 96.7. The van der Waals surface area contributed by atoms with E-state index >= 15 is 0 Å².